The molecule has 3 N–H and O–H groups in total. The SMILES string of the molecule is Cl.Cl.Cl.Cl.Cl.Cl.Cl.Cl.Cl.Cl.Cl.Cl.Cl.Cl.Cl.Cl.Cl.Cl.Cl.Cl.Cl.Cl.Cl.Cl.Cl.Cl.Cl.Cl.Cl.Cl.Cl.Cl.Cl.Cl.Cl.Cl.Cl.Cl.Cl.Cl.Cl.Cl.Cl.Cl.N. The van der Waals surface area contributed by atoms with Crippen molar-refractivity contribution in [3.8, 4) is 0 Å². The minimum atomic E-state index is 0. The molecule has 0 atom stereocenters. The molecule has 45 heavy (non-hydrogen) atoms. The summed E-state index contributed by atoms with van der Waals surface area (Å²) in [7, 11) is 0. The molecule has 0 unspecified atom stereocenters. The number of halogens is 44. The van der Waals surface area contributed by atoms with Crippen LogP contribution in [0.4, 0.5) is 0 Å². The van der Waals surface area contributed by atoms with Gasteiger partial charge in [-0.25, -0.2) is 0 Å². The first-order valence-corrected chi connectivity index (χ1v) is 0. The van der Waals surface area contributed by atoms with Crippen LogP contribution in [0.3, 0.4) is 0 Å². The zero-order valence-electron chi connectivity index (χ0n) is 18.7. The van der Waals surface area contributed by atoms with E-state index in [1.165, 1.54) is 0 Å². The molecule has 0 heterocycles. The van der Waals surface area contributed by atoms with Crippen LogP contribution >= 0.6 is 546 Å². The Balaban J connectivity index is 0. The second kappa shape index (κ2) is 1090. The topological polar surface area (TPSA) is 35.0 Å². The van der Waals surface area contributed by atoms with Crippen LogP contribution in [-0.2, 0) is 0 Å². The van der Waals surface area contributed by atoms with Gasteiger partial charge in [-0.1, -0.05) is 0 Å². The molecule has 360 valence electrons. The van der Waals surface area contributed by atoms with Crippen molar-refractivity contribution in [1.29, 1.82) is 0 Å². The highest BCUT2D eigenvalue weighted by atomic mass is 35.5. The summed E-state index contributed by atoms with van der Waals surface area (Å²) in [4.78, 5) is 0. The summed E-state index contributed by atoms with van der Waals surface area (Å²) < 4.78 is 0. The summed E-state index contributed by atoms with van der Waals surface area (Å²) >= 11 is 0. The summed E-state index contributed by atoms with van der Waals surface area (Å²) in [5.41, 5.74) is 0. The molecule has 0 aromatic carbocycles. The molecule has 0 bridgehead atoms. The summed E-state index contributed by atoms with van der Waals surface area (Å²) in [6, 6.07) is 0. The van der Waals surface area contributed by atoms with Gasteiger partial charge in [-0.3, -0.25) is 0 Å². The van der Waals surface area contributed by atoms with Crippen molar-refractivity contribution in [3.05, 3.63) is 0 Å². The molecule has 1 nitrogen and oxygen atoms in total. The Morgan fingerprint density at radius 3 is 0.0444 bits per heavy atom. The van der Waals surface area contributed by atoms with E-state index in [4.69, 9.17) is 0 Å². The van der Waals surface area contributed by atoms with Crippen LogP contribution in [0.1, 0.15) is 0 Å². The largest absolute Gasteiger partial charge is 0.344 e. The van der Waals surface area contributed by atoms with E-state index in [1.54, 1.807) is 0 Å². The van der Waals surface area contributed by atoms with Gasteiger partial charge < -0.3 is 6.15 Å². The van der Waals surface area contributed by atoms with Gasteiger partial charge in [0.2, 0.25) is 0 Å². The third kappa shape index (κ3) is 1050. The minimum absolute atomic E-state index is 0. The first-order valence-electron chi connectivity index (χ1n) is 0. The molecule has 0 rings (SSSR count). The van der Waals surface area contributed by atoms with Crippen molar-refractivity contribution in [3.63, 3.8) is 0 Å². The fourth-order valence-electron chi connectivity index (χ4n) is 0. The van der Waals surface area contributed by atoms with Crippen molar-refractivity contribution in [1.82, 2.24) is 6.15 Å². The molecule has 0 saturated carbocycles. The lowest BCUT2D eigenvalue weighted by Crippen LogP contribution is -0.481. The van der Waals surface area contributed by atoms with Gasteiger partial charge in [0.05, 0.1) is 0 Å². The number of hydrogen-bond acceptors (Lipinski definition) is 1. The van der Waals surface area contributed by atoms with Crippen LogP contribution in [0, 0.1) is 0 Å². The van der Waals surface area contributed by atoms with Gasteiger partial charge >= 0.3 is 0 Å². The lowest BCUT2D eigenvalue weighted by atomic mass is 14.0. The van der Waals surface area contributed by atoms with Crippen LogP contribution in [0.5, 0.6) is 0 Å². The third-order valence-corrected chi connectivity index (χ3v) is 0. The highest BCUT2D eigenvalue weighted by Gasteiger charge is -0.103. The van der Waals surface area contributed by atoms with Crippen molar-refractivity contribution < 1.29 is 0 Å². The van der Waals surface area contributed by atoms with Crippen LogP contribution in [0.15, 0.2) is 0 Å². The second-order valence-electron chi connectivity index (χ2n) is 0. The van der Waals surface area contributed by atoms with Crippen molar-refractivity contribution in [2.45, 2.75) is 0 Å². The van der Waals surface area contributed by atoms with Crippen molar-refractivity contribution in [2.75, 3.05) is 0 Å². The van der Waals surface area contributed by atoms with Gasteiger partial charge in [0.25, 0.3) is 0 Å². The Hall–Kier alpha value is 12.7. The van der Waals surface area contributed by atoms with E-state index >= 15 is 0 Å². The van der Waals surface area contributed by atoms with Crippen LogP contribution in [0.2, 0.25) is 0 Å². The van der Waals surface area contributed by atoms with Crippen molar-refractivity contribution >= 4 is 546 Å². The molecule has 0 fully saturated rings. The average Bonchev–Trinajstić information content (AvgIpc) is 0. The molecular formula is H47Cl44N. The maximum atomic E-state index is 0. The monoisotopic (exact) mass is 1600 g/mol. The normalized spacial score (nSPS) is 0. The van der Waals surface area contributed by atoms with E-state index in [-0.39, 0.29) is 552 Å². The smallest absolute Gasteiger partial charge is 0.147 e. The highest BCUT2D eigenvalue weighted by molar-refractivity contribution is 5.90. The first-order chi connectivity index (χ1) is 0. The molecule has 0 aliphatic rings. The standard InChI is InChI=1S/44ClH.H3N/h44*1H;1H3. The van der Waals surface area contributed by atoms with Gasteiger partial charge in [-0.05, 0) is 0 Å². The van der Waals surface area contributed by atoms with Gasteiger partial charge in [-0.2, -0.15) is 0 Å². The number of hydrogen-bond donors (Lipinski definition) is 1. The Labute approximate surface area is 542 Å². The Bertz CT molecular complexity index is 6.92. The van der Waals surface area contributed by atoms with Crippen molar-refractivity contribution in [2.24, 2.45) is 0 Å². The lowest BCUT2D eigenvalue weighted by molar-refractivity contribution is 2.13. The minimum Gasteiger partial charge on any atom is -0.344 e. The Kier molecular flexibility index (Phi) is 27800. The molecule has 0 amide bonds. The molecular weight excluding hydrogens is 1570 g/mol. The zero-order valence-corrected chi connectivity index (χ0v) is 54.6. The summed E-state index contributed by atoms with van der Waals surface area (Å²) in [6.07, 6.45) is 0. The maximum absolute atomic E-state index is 0. The lowest BCUT2D eigenvalue weighted by Gasteiger charge is -0.344. The van der Waals surface area contributed by atoms with Gasteiger partial charge in [0.1, 0.15) is 0 Å². The molecule has 0 aromatic heterocycles. The quantitative estimate of drug-likeness (QED) is 0.258. The Morgan fingerprint density at radius 2 is 0.0444 bits per heavy atom. The summed E-state index contributed by atoms with van der Waals surface area (Å²) in [5, 5.41) is 0. The number of rotatable bonds is 0. The van der Waals surface area contributed by atoms with E-state index in [9.17, 15) is 0 Å². The fourth-order valence-corrected chi connectivity index (χ4v) is 0. The predicted molar refractivity (Wildman–Crippen MR) is 324 cm³/mol. The molecule has 0 aromatic rings. The molecule has 0 radical (unpaired) electrons. The predicted octanol–water partition coefficient (Wildman–Crippen LogP) is 18.7. The average molecular weight is 1620 g/mol. The zero-order chi connectivity index (χ0) is 0. The van der Waals surface area contributed by atoms with E-state index in [0.29, 0.717) is 0 Å². The second-order valence-corrected chi connectivity index (χ2v) is 0. The highest BCUT2D eigenvalue weighted by Crippen LogP contribution is 0.733. The van der Waals surface area contributed by atoms with E-state index < -0.39 is 0 Å². The molecule has 0 spiro atoms. The Morgan fingerprint density at radius 1 is 0.0444 bits per heavy atom. The molecule has 45 heteroatoms. The van der Waals surface area contributed by atoms with Gasteiger partial charge in [0.15, 0.2) is 0 Å². The van der Waals surface area contributed by atoms with E-state index in [1.807, 2.05) is 0 Å². The fraction of sp³-hybridized carbons (Fsp3) is 0. The van der Waals surface area contributed by atoms with E-state index in [2.05, 4.69) is 0 Å². The van der Waals surface area contributed by atoms with Crippen LogP contribution in [-0.4, -0.2) is 0 Å². The van der Waals surface area contributed by atoms with Gasteiger partial charge in [0, 0.05) is 0 Å². The molecule has 0 saturated heterocycles. The van der Waals surface area contributed by atoms with Crippen LogP contribution in [0.25, 0.3) is 0 Å². The molecule has 0 aliphatic heterocycles. The third-order valence-electron chi connectivity index (χ3n) is 0. The summed E-state index contributed by atoms with van der Waals surface area (Å²) in [6.45, 7) is 0. The van der Waals surface area contributed by atoms with Gasteiger partial charge in [-0.15, -0.1) is 546 Å². The molecule has 0 aliphatic carbocycles. The maximum Gasteiger partial charge on any atom is -0.147 e. The summed E-state index contributed by atoms with van der Waals surface area (Å²) in [5.74, 6) is 0. The van der Waals surface area contributed by atoms with Crippen LogP contribution < -0.4 is 6.15 Å². The first kappa shape index (κ1) is 1150. The van der Waals surface area contributed by atoms with E-state index in [0.717, 1.165) is 0 Å².